The first-order valence-corrected chi connectivity index (χ1v) is 6.78. The van der Waals surface area contributed by atoms with Gasteiger partial charge in [0.1, 0.15) is 18.3 Å². The summed E-state index contributed by atoms with van der Waals surface area (Å²) in [6.45, 7) is 3.01. The second kappa shape index (κ2) is 8.08. The van der Waals surface area contributed by atoms with Gasteiger partial charge >= 0.3 is 5.97 Å². The Balaban J connectivity index is 2.96. The highest BCUT2D eigenvalue weighted by atomic mass is 16.5. The topological polar surface area (TPSA) is 146 Å². The summed E-state index contributed by atoms with van der Waals surface area (Å²) in [5, 5.41) is 41.2. The quantitative estimate of drug-likeness (QED) is 0.361. The van der Waals surface area contributed by atoms with Crippen LogP contribution < -0.4 is 5.32 Å². The Hall–Kier alpha value is -1.68. The minimum atomic E-state index is -1.57. The zero-order chi connectivity index (χ0) is 16.9. The van der Waals surface area contributed by atoms with E-state index < -0.39 is 48.1 Å². The standard InChI is InChI=1S/C13H21NO8/c1-3-21-5-8(17)11(18)12-10(14-6(2)15)7(16)4-9(22-12)13(19)20/h4,7-8,10-12,16-18H,3,5H2,1-2H3,(H,14,15)(H,19,20)/t7?,8-,10-,11-,12?/m1/s1. The van der Waals surface area contributed by atoms with E-state index >= 15 is 0 Å². The summed E-state index contributed by atoms with van der Waals surface area (Å²) in [6, 6.07) is -1.10. The van der Waals surface area contributed by atoms with Crippen molar-refractivity contribution >= 4 is 11.9 Å². The zero-order valence-corrected chi connectivity index (χ0v) is 12.3. The lowest BCUT2D eigenvalue weighted by molar-refractivity contribution is -0.150. The number of rotatable bonds is 7. The molecule has 0 aromatic heterocycles. The molecule has 0 saturated heterocycles. The lowest BCUT2D eigenvalue weighted by atomic mass is 9.94. The number of hydrogen-bond acceptors (Lipinski definition) is 7. The Morgan fingerprint density at radius 2 is 2.09 bits per heavy atom. The number of carbonyl (C=O) groups is 2. The van der Waals surface area contributed by atoms with Crippen molar-refractivity contribution < 1.29 is 39.5 Å². The highest BCUT2D eigenvalue weighted by Gasteiger charge is 2.43. The summed E-state index contributed by atoms with van der Waals surface area (Å²) >= 11 is 0. The van der Waals surface area contributed by atoms with Crippen molar-refractivity contribution in [3.05, 3.63) is 11.8 Å². The first kappa shape index (κ1) is 18.4. The molecule has 22 heavy (non-hydrogen) atoms. The van der Waals surface area contributed by atoms with E-state index in [0.717, 1.165) is 6.08 Å². The zero-order valence-electron chi connectivity index (χ0n) is 12.3. The molecular formula is C13H21NO8. The second-order valence-corrected chi connectivity index (χ2v) is 4.85. The number of carboxylic acid groups (broad SMARTS) is 1. The van der Waals surface area contributed by atoms with Crippen molar-refractivity contribution in [2.75, 3.05) is 13.2 Å². The molecule has 1 heterocycles. The lowest BCUT2D eigenvalue weighted by Crippen LogP contribution is -2.59. The van der Waals surface area contributed by atoms with Crippen LogP contribution in [-0.2, 0) is 19.1 Å². The number of carbonyl (C=O) groups excluding carboxylic acids is 1. The molecule has 1 rings (SSSR count). The van der Waals surface area contributed by atoms with E-state index in [-0.39, 0.29) is 6.61 Å². The first-order chi connectivity index (χ1) is 10.3. The SMILES string of the molecule is CCOC[C@@H](O)[C@@H](O)C1OC(C(=O)O)=CC(O)[C@H]1NC(C)=O. The molecule has 0 aliphatic carbocycles. The van der Waals surface area contributed by atoms with Crippen LogP contribution in [0.15, 0.2) is 11.8 Å². The van der Waals surface area contributed by atoms with Crippen molar-refractivity contribution in [3.8, 4) is 0 Å². The number of aliphatic hydroxyl groups excluding tert-OH is 3. The van der Waals surface area contributed by atoms with E-state index in [1.807, 2.05) is 0 Å². The fourth-order valence-electron chi connectivity index (χ4n) is 2.07. The van der Waals surface area contributed by atoms with E-state index in [9.17, 15) is 24.9 Å². The Bertz CT molecular complexity index is 438. The van der Waals surface area contributed by atoms with Crippen LogP contribution >= 0.6 is 0 Å². The van der Waals surface area contributed by atoms with Crippen molar-refractivity contribution in [3.63, 3.8) is 0 Å². The molecular weight excluding hydrogens is 298 g/mol. The molecule has 126 valence electrons. The van der Waals surface area contributed by atoms with E-state index in [4.69, 9.17) is 14.6 Å². The number of amides is 1. The number of ether oxygens (including phenoxy) is 2. The summed E-state index contributed by atoms with van der Waals surface area (Å²) in [4.78, 5) is 22.2. The van der Waals surface area contributed by atoms with Crippen LogP contribution in [0.1, 0.15) is 13.8 Å². The molecule has 9 nitrogen and oxygen atoms in total. The normalized spacial score (nSPS) is 27.3. The minimum Gasteiger partial charge on any atom is -0.478 e. The molecule has 0 radical (unpaired) electrons. The summed E-state index contributed by atoms with van der Waals surface area (Å²) < 4.78 is 10.1. The van der Waals surface area contributed by atoms with Crippen LogP contribution in [0.2, 0.25) is 0 Å². The van der Waals surface area contributed by atoms with Crippen molar-refractivity contribution in [2.24, 2.45) is 0 Å². The van der Waals surface area contributed by atoms with Gasteiger partial charge < -0.3 is 35.2 Å². The Morgan fingerprint density at radius 3 is 2.59 bits per heavy atom. The third kappa shape index (κ3) is 4.67. The average Bonchev–Trinajstić information content (AvgIpc) is 2.45. The van der Waals surface area contributed by atoms with Gasteiger partial charge in [0.05, 0.1) is 12.6 Å². The average molecular weight is 319 g/mol. The van der Waals surface area contributed by atoms with Gasteiger partial charge in [-0.25, -0.2) is 4.79 Å². The summed E-state index contributed by atoms with van der Waals surface area (Å²) in [5.74, 6) is -2.50. The van der Waals surface area contributed by atoms with Gasteiger partial charge in [-0.15, -0.1) is 0 Å². The molecule has 0 fully saturated rings. The molecule has 5 N–H and O–H groups in total. The van der Waals surface area contributed by atoms with Crippen LogP contribution in [-0.4, -0.2) is 76.0 Å². The maximum absolute atomic E-state index is 11.2. The maximum Gasteiger partial charge on any atom is 0.370 e. The molecule has 9 heteroatoms. The van der Waals surface area contributed by atoms with E-state index in [1.165, 1.54) is 6.92 Å². The Kier molecular flexibility index (Phi) is 6.75. The van der Waals surface area contributed by atoms with Crippen LogP contribution in [0.25, 0.3) is 0 Å². The molecule has 1 aliphatic rings. The van der Waals surface area contributed by atoms with E-state index in [0.29, 0.717) is 6.61 Å². The predicted molar refractivity (Wildman–Crippen MR) is 72.7 cm³/mol. The van der Waals surface area contributed by atoms with Crippen molar-refractivity contribution in [1.82, 2.24) is 5.32 Å². The van der Waals surface area contributed by atoms with Gasteiger partial charge in [0.25, 0.3) is 0 Å². The van der Waals surface area contributed by atoms with Gasteiger partial charge in [-0.1, -0.05) is 0 Å². The summed E-state index contributed by atoms with van der Waals surface area (Å²) in [5.41, 5.74) is 0. The summed E-state index contributed by atoms with van der Waals surface area (Å²) in [7, 11) is 0. The fraction of sp³-hybridized carbons (Fsp3) is 0.692. The van der Waals surface area contributed by atoms with Crippen LogP contribution in [0, 0.1) is 0 Å². The number of hydrogen-bond donors (Lipinski definition) is 5. The van der Waals surface area contributed by atoms with Gasteiger partial charge in [0.15, 0.2) is 6.10 Å². The fourth-order valence-corrected chi connectivity index (χ4v) is 2.07. The Labute approximate surface area is 127 Å². The molecule has 0 aromatic carbocycles. The monoisotopic (exact) mass is 319 g/mol. The van der Waals surface area contributed by atoms with Gasteiger partial charge in [-0.3, -0.25) is 4.79 Å². The van der Waals surface area contributed by atoms with Gasteiger partial charge in [-0.05, 0) is 13.0 Å². The highest BCUT2D eigenvalue weighted by Crippen LogP contribution is 2.23. The van der Waals surface area contributed by atoms with Crippen molar-refractivity contribution in [2.45, 2.75) is 44.3 Å². The lowest BCUT2D eigenvalue weighted by Gasteiger charge is -2.38. The second-order valence-electron chi connectivity index (χ2n) is 4.85. The number of carboxylic acids is 1. The highest BCUT2D eigenvalue weighted by molar-refractivity contribution is 5.84. The number of aliphatic carboxylic acids is 1. The molecule has 1 amide bonds. The van der Waals surface area contributed by atoms with E-state index in [1.54, 1.807) is 6.92 Å². The molecule has 0 spiro atoms. The largest absolute Gasteiger partial charge is 0.478 e. The number of nitrogens with one attached hydrogen (secondary N) is 1. The summed E-state index contributed by atoms with van der Waals surface area (Å²) in [6.07, 6.45) is -4.75. The minimum absolute atomic E-state index is 0.202. The third-order valence-electron chi connectivity index (χ3n) is 3.11. The molecule has 0 aromatic rings. The predicted octanol–water partition coefficient (Wildman–Crippen LogP) is -2.02. The number of aliphatic hydroxyl groups is 3. The smallest absolute Gasteiger partial charge is 0.370 e. The van der Waals surface area contributed by atoms with Gasteiger partial charge in [0.2, 0.25) is 11.7 Å². The molecule has 2 unspecified atom stereocenters. The van der Waals surface area contributed by atoms with Gasteiger partial charge in [-0.2, -0.15) is 0 Å². The molecule has 0 bridgehead atoms. The van der Waals surface area contributed by atoms with Crippen LogP contribution in [0.3, 0.4) is 0 Å². The third-order valence-corrected chi connectivity index (χ3v) is 3.11. The van der Waals surface area contributed by atoms with Gasteiger partial charge in [0, 0.05) is 13.5 Å². The Morgan fingerprint density at radius 1 is 1.45 bits per heavy atom. The molecule has 0 saturated carbocycles. The maximum atomic E-state index is 11.2. The molecule has 1 aliphatic heterocycles. The van der Waals surface area contributed by atoms with Crippen LogP contribution in [0.5, 0.6) is 0 Å². The first-order valence-electron chi connectivity index (χ1n) is 6.78. The van der Waals surface area contributed by atoms with Crippen molar-refractivity contribution in [1.29, 1.82) is 0 Å². The molecule has 5 atom stereocenters. The van der Waals surface area contributed by atoms with E-state index in [2.05, 4.69) is 5.32 Å². The van der Waals surface area contributed by atoms with Crippen LogP contribution in [0.4, 0.5) is 0 Å².